The minimum absolute atomic E-state index is 0.0139. The van der Waals surface area contributed by atoms with Crippen LogP contribution >= 0.6 is 7.52 Å². The standard InChI is InChI=1S/C19H30FN6O6P.C13H16FN5O5.C10H2.C9H4.CO2/c1-9(2)10(3)25-33(6,28)29-7-19(20)13-12(30-18(4,5)31-13)16(32-19)26-8-22-11-14(26)23-17(21)24-15(11)27;1-12(2)22-6-7(23-12)13(14,3-20)24-10(6)19-4-16-5-8(19)17-11(15)18-9(5)21;1-3-5-7-9-10-8-6-4-2;1-3-5-7-9-8-6-4-2;2-1-3/h8-10,12-13,16H,7H2,1-6H3,(H,25,28)(H3,21,23,24,27);4,6-7,10,20H,3H2,1-2H3,(H3,15,17,18,21);1-2H;1H,2H3;/t10-,12+,13?,16-,19-,33?;6-,7?,10+,13+;;;/m10.../s1. The van der Waals surface area contributed by atoms with Gasteiger partial charge in [0.2, 0.25) is 11.9 Å². The van der Waals surface area contributed by atoms with Gasteiger partial charge >= 0.3 is 6.15 Å². The maximum atomic E-state index is 16.2. The van der Waals surface area contributed by atoms with Crippen molar-refractivity contribution in [3.05, 3.63) is 33.4 Å². The molecule has 4 saturated heterocycles. The van der Waals surface area contributed by atoms with Crippen LogP contribution in [0.2, 0.25) is 0 Å². The summed E-state index contributed by atoms with van der Waals surface area (Å²) in [5.41, 5.74) is 10.4. The van der Waals surface area contributed by atoms with E-state index in [0.717, 1.165) is 0 Å². The van der Waals surface area contributed by atoms with Crippen LogP contribution in [0.25, 0.3) is 22.3 Å². The van der Waals surface area contributed by atoms with Gasteiger partial charge in [0, 0.05) is 12.7 Å². The van der Waals surface area contributed by atoms with E-state index in [9.17, 15) is 23.7 Å². The molecule has 10 atom stereocenters. The molecule has 4 aromatic heterocycles. The second-order valence-corrected chi connectivity index (χ2v) is 20.0. The average molecular weight is 1110 g/mol. The van der Waals surface area contributed by atoms with E-state index >= 15 is 4.39 Å². The van der Waals surface area contributed by atoms with Crippen LogP contribution in [0, 0.1) is 114 Å². The Kier molecular flexibility index (Phi) is 21.7. The number of aromatic nitrogens is 8. The first-order chi connectivity index (χ1) is 37.2. The zero-order valence-electron chi connectivity index (χ0n) is 43.8. The number of aromatic amines is 2. The highest BCUT2D eigenvalue weighted by molar-refractivity contribution is 7.56. The Morgan fingerprint density at radius 2 is 1.10 bits per heavy atom. The van der Waals surface area contributed by atoms with E-state index in [-0.39, 0.29) is 52.3 Å². The minimum Gasteiger partial charge on any atom is -0.390 e. The lowest BCUT2D eigenvalue weighted by Crippen LogP contribution is -2.43. The van der Waals surface area contributed by atoms with Crippen molar-refractivity contribution in [2.45, 2.75) is 122 Å². The van der Waals surface area contributed by atoms with Crippen LogP contribution in [0.5, 0.6) is 0 Å². The largest absolute Gasteiger partial charge is 0.390 e. The molecule has 8 rings (SSSR count). The fourth-order valence-corrected chi connectivity index (χ4v) is 8.96. The summed E-state index contributed by atoms with van der Waals surface area (Å²) in [6.45, 7) is 13.9. The third-order valence-corrected chi connectivity index (χ3v) is 12.3. The SMILES string of the molecule is C#CC#CC#CC#CC.C#CC#CC#CC#CC#C.CC(C)[C@@H](C)NP(C)(=O)OC[C@@]1(F)O[C@@H](n2cnc3c(=O)[nH]c(N)nc32)[C@H]2OC(C)(C)OC21.CC1(C)OC2[C@H](O1)[C@H](n1cnc3c(=O)[nH]c(N)nc31)O[C@]2(F)CO.O=C=O. The molecular weight excluding hydrogens is 1060 g/mol. The van der Waals surface area contributed by atoms with E-state index in [1.54, 1.807) is 34.6 Å². The second kappa shape index (κ2) is 27.2. The third-order valence-electron chi connectivity index (χ3n) is 10.8. The normalized spacial score (nSPS) is 24.7. The Hall–Kier alpha value is -8.55. The number of nitrogen functional groups attached to an aromatic ring is 2. The number of hydrogen-bond donors (Lipinski definition) is 6. The van der Waals surface area contributed by atoms with Gasteiger partial charge < -0.3 is 49.5 Å². The predicted octanol–water partition coefficient (Wildman–Crippen LogP) is 1.63. The summed E-state index contributed by atoms with van der Waals surface area (Å²) >= 11 is 0. The maximum absolute atomic E-state index is 16.2. The van der Waals surface area contributed by atoms with Crippen LogP contribution in [0.4, 0.5) is 20.7 Å². The molecule has 0 radical (unpaired) electrons. The summed E-state index contributed by atoms with van der Waals surface area (Å²) in [4.78, 5) is 61.1. The van der Waals surface area contributed by atoms with E-state index in [1.165, 1.54) is 28.5 Å². The lowest BCUT2D eigenvalue weighted by Gasteiger charge is -2.30. The molecular formula is C52H52F2N11O13P. The highest BCUT2D eigenvalue weighted by atomic mass is 31.2. The number of terminal acetylenes is 3. The molecule has 4 aliphatic rings. The average Bonchev–Trinajstić information content (AvgIpc) is 4.23. The number of ether oxygens (including phenoxy) is 6. The summed E-state index contributed by atoms with van der Waals surface area (Å²) in [7, 11) is -3.36. The Labute approximate surface area is 452 Å². The van der Waals surface area contributed by atoms with Crippen LogP contribution in [-0.2, 0) is 47.1 Å². The number of nitrogens with zero attached hydrogens (tertiary/aromatic N) is 6. The van der Waals surface area contributed by atoms with E-state index in [2.05, 4.69) is 124 Å². The van der Waals surface area contributed by atoms with Gasteiger partial charge in [0.25, 0.3) is 30.3 Å². The molecule has 4 aromatic rings. The first kappa shape index (κ1) is 63.0. The van der Waals surface area contributed by atoms with Crippen molar-refractivity contribution >= 4 is 47.9 Å². The van der Waals surface area contributed by atoms with Crippen molar-refractivity contribution < 1.29 is 61.0 Å². The molecule has 0 bridgehead atoms. The number of anilines is 2. The first-order valence-electron chi connectivity index (χ1n) is 23.0. The van der Waals surface area contributed by atoms with Gasteiger partial charge in [-0.25, -0.2) is 23.8 Å². The molecule has 0 amide bonds. The van der Waals surface area contributed by atoms with Crippen molar-refractivity contribution in [3.8, 4) is 108 Å². The number of alkyl halides is 2. The summed E-state index contributed by atoms with van der Waals surface area (Å²) < 4.78 is 86.3. The molecule has 24 nitrogen and oxygen atoms in total. The minimum atomic E-state index is -3.36. The monoisotopic (exact) mass is 1110 g/mol. The quantitative estimate of drug-likeness (QED) is 0.102. The first-order valence-corrected chi connectivity index (χ1v) is 25.0. The van der Waals surface area contributed by atoms with Gasteiger partial charge in [-0.05, 0) is 130 Å². The summed E-state index contributed by atoms with van der Waals surface area (Å²) in [5, 5.41) is 12.3. The van der Waals surface area contributed by atoms with Crippen LogP contribution in [0.15, 0.2) is 22.2 Å². The number of aliphatic hydroxyl groups is 1. The van der Waals surface area contributed by atoms with Crippen molar-refractivity contribution in [1.82, 2.24) is 44.1 Å². The van der Waals surface area contributed by atoms with Gasteiger partial charge in [-0.15, -0.1) is 19.3 Å². The van der Waals surface area contributed by atoms with Crippen molar-refractivity contribution in [2.24, 2.45) is 5.92 Å². The van der Waals surface area contributed by atoms with Crippen LogP contribution in [-0.4, -0.2) is 124 Å². The number of halogens is 2. The maximum Gasteiger partial charge on any atom is 0.373 e. The number of fused-ring (bicyclic) bond motifs is 4. The van der Waals surface area contributed by atoms with E-state index in [4.69, 9.17) is 73.3 Å². The molecule has 4 aliphatic heterocycles. The number of carbonyl (C=O) groups excluding carboxylic acids is 2. The highest BCUT2D eigenvalue weighted by Gasteiger charge is 2.66. The Morgan fingerprint density at radius 1 is 0.722 bits per heavy atom. The molecule has 412 valence electrons. The molecule has 0 saturated carbocycles. The van der Waals surface area contributed by atoms with Gasteiger partial charge in [-0.1, -0.05) is 19.8 Å². The van der Waals surface area contributed by atoms with Crippen molar-refractivity contribution in [3.63, 3.8) is 0 Å². The predicted molar refractivity (Wildman–Crippen MR) is 279 cm³/mol. The fraction of sp³-hybridized carbons (Fsp3) is 0.442. The zero-order valence-corrected chi connectivity index (χ0v) is 44.7. The van der Waals surface area contributed by atoms with Gasteiger partial charge in [0.05, 0.1) is 12.7 Å². The van der Waals surface area contributed by atoms with Crippen LogP contribution in [0.3, 0.4) is 0 Å². The second-order valence-electron chi connectivity index (χ2n) is 17.8. The third kappa shape index (κ3) is 16.2. The lowest BCUT2D eigenvalue weighted by molar-refractivity contribution is -0.264. The van der Waals surface area contributed by atoms with Gasteiger partial charge in [0.1, 0.15) is 25.4 Å². The van der Waals surface area contributed by atoms with Gasteiger partial charge in [-0.3, -0.25) is 33.3 Å². The molecule has 0 aromatic carbocycles. The molecule has 0 spiro atoms. The molecule has 0 aliphatic carbocycles. The summed E-state index contributed by atoms with van der Waals surface area (Å²) in [5.74, 6) is 28.2. The number of nitrogens with one attached hydrogen (secondary N) is 3. The Bertz CT molecular complexity index is 3610. The smallest absolute Gasteiger partial charge is 0.373 e. The van der Waals surface area contributed by atoms with Crippen LogP contribution < -0.4 is 27.7 Å². The molecule has 8 N–H and O–H groups in total. The number of aliphatic hydroxyl groups excluding tert-OH is 1. The zero-order chi connectivity index (χ0) is 58.9. The number of hydrogen-bond acceptors (Lipinski definition) is 19. The summed E-state index contributed by atoms with van der Waals surface area (Å²) in [6, 6.07) is -0.113. The van der Waals surface area contributed by atoms with E-state index in [0.29, 0.717) is 0 Å². The number of imidazole rings is 2. The van der Waals surface area contributed by atoms with Gasteiger partial charge in [-0.2, -0.15) is 19.6 Å². The Balaban J connectivity index is 0.000000253. The number of nitrogens with two attached hydrogens (primary N) is 2. The molecule has 79 heavy (non-hydrogen) atoms. The molecule has 4 fully saturated rings. The van der Waals surface area contributed by atoms with Gasteiger partial charge in [0.15, 0.2) is 58.6 Å². The number of H-pyrrole nitrogens is 2. The number of rotatable bonds is 9. The lowest BCUT2D eigenvalue weighted by atomic mass is 10.1. The molecule has 8 heterocycles. The fourth-order valence-electron chi connectivity index (χ4n) is 7.42. The van der Waals surface area contributed by atoms with E-state index < -0.39 is 92.0 Å². The van der Waals surface area contributed by atoms with Crippen LogP contribution in [0.1, 0.15) is 67.8 Å². The molecule has 3 unspecified atom stereocenters. The Morgan fingerprint density at radius 3 is 1.48 bits per heavy atom. The van der Waals surface area contributed by atoms with Crippen molar-refractivity contribution in [2.75, 3.05) is 31.3 Å². The highest BCUT2D eigenvalue weighted by Crippen LogP contribution is 2.52. The topological polar surface area (TPSA) is 327 Å². The van der Waals surface area contributed by atoms with E-state index in [1.807, 2.05) is 20.8 Å². The molecule has 27 heteroatoms. The van der Waals surface area contributed by atoms with Crippen molar-refractivity contribution in [1.29, 1.82) is 0 Å². The summed E-state index contributed by atoms with van der Waals surface area (Å²) in [6.07, 6.45) is 11.0.